The highest BCUT2D eigenvalue weighted by Crippen LogP contribution is 2.30. The fourth-order valence-corrected chi connectivity index (χ4v) is 5.80. The molecule has 0 bridgehead atoms. The summed E-state index contributed by atoms with van der Waals surface area (Å²) in [5.41, 5.74) is 2.97. The molecule has 1 aliphatic rings. The largest absolute Gasteiger partial charge is 0.478 e. The van der Waals surface area contributed by atoms with Gasteiger partial charge in [-0.2, -0.15) is 0 Å². The Labute approximate surface area is 237 Å². The van der Waals surface area contributed by atoms with Crippen molar-refractivity contribution in [3.8, 4) is 11.3 Å². The predicted molar refractivity (Wildman–Crippen MR) is 156 cm³/mol. The van der Waals surface area contributed by atoms with Gasteiger partial charge in [-0.25, -0.2) is 9.79 Å². The first kappa shape index (κ1) is 26.0. The lowest BCUT2D eigenvalue weighted by atomic mass is 9.95. The maximum atomic E-state index is 13.8. The van der Waals surface area contributed by atoms with E-state index in [2.05, 4.69) is 10.3 Å². The van der Waals surface area contributed by atoms with Crippen LogP contribution in [0.15, 0.2) is 123 Å². The number of carboxylic acids is 1. The Morgan fingerprint density at radius 2 is 1.63 bits per heavy atom. The van der Waals surface area contributed by atoms with Gasteiger partial charge in [-0.3, -0.25) is 14.2 Å². The van der Waals surface area contributed by atoms with Crippen molar-refractivity contribution >= 4 is 35.0 Å². The second kappa shape index (κ2) is 10.7. The standard InChI is InChI=1S/C32H23N3O5S/c1-19-27(29(36)34-23-10-6-3-7-11-23)28(21-8-4-2-5-9-21)35-30(37)26(41-32(35)33-19)18-24-16-17-25(40-24)20-12-14-22(15-13-20)31(38)39/h2-18,28H,1H3,(H,34,36)(H,38,39). The van der Waals surface area contributed by atoms with Crippen LogP contribution in [0.25, 0.3) is 17.4 Å². The first-order valence-corrected chi connectivity index (χ1v) is 13.6. The van der Waals surface area contributed by atoms with Crippen LogP contribution in [0, 0.1) is 0 Å². The molecule has 1 atom stereocenters. The quantitative estimate of drug-likeness (QED) is 0.308. The maximum Gasteiger partial charge on any atom is 0.335 e. The number of nitrogens with zero attached hydrogens (tertiary/aromatic N) is 2. The monoisotopic (exact) mass is 561 g/mol. The number of carbonyl (C=O) groups excluding carboxylic acids is 1. The Bertz CT molecular complexity index is 1990. The first-order valence-electron chi connectivity index (χ1n) is 12.8. The summed E-state index contributed by atoms with van der Waals surface area (Å²) < 4.78 is 7.94. The fraction of sp³-hybridized carbons (Fsp3) is 0.0625. The number of nitrogens with one attached hydrogen (secondary N) is 1. The molecule has 0 aliphatic carbocycles. The van der Waals surface area contributed by atoms with Gasteiger partial charge in [-0.15, -0.1) is 0 Å². The van der Waals surface area contributed by atoms with E-state index in [4.69, 9.17) is 9.52 Å². The second-order valence-electron chi connectivity index (χ2n) is 9.40. The van der Waals surface area contributed by atoms with E-state index in [1.54, 1.807) is 54.0 Å². The van der Waals surface area contributed by atoms with Gasteiger partial charge in [0, 0.05) is 17.3 Å². The number of rotatable bonds is 6. The van der Waals surface area contributed by atoms with Crippen LogP contribution in [0.1, 0.15) is 34.6 Å². The fourth-order valence-electron chi connectivity index (χ4n) is 4.77. The highest BCUT2D eigenvalue weighted by molar-refractivity contribution is 7.07. The molecule has 1 unspecified atom stereocenters. The van der Waals surface area contributed by atoms with Crippen LogP contribution < -0.4 is 20.2 Å². The molecule has 1 aliphatic heterocycles. The number of carboxylic acid groups (broad SMARTS) is 1. The molecule has 0 radical (unpaired) electrons. The van der Waals surface area contributed by atoms with E-state index >= 15 is 0 Å². The van der Waals surface area contributed by atoms with E-state index in [0.29, 0.717) is 43.4 Å². The molecule has 2 N–H and O–H groups in total. The second-order valence-corrected chi connectivity index (χ2v) is 10.4. The maximum absolute atomic E-state index is 13.8. The number of thiazole rings is 1. The van der Waals surface area contributed by atoms with Gasteiger partial charge in [-0.05, 0) is 48.9 Å². The van der Waals surface area contributed by atoms with E-state index in [1.807, 2.05) is 48.5 Å². The van der Waals surface area contributed by atoms with E-state index in [-0.39, 0.29) is 17.0 Å². The number of hydrogen-bond acceptors (Lipinski definition) is 6. The van der Waals surface area contributed by atoms with Crippen molar-refractivity contribution in [3.05, 3.63) is 145 Å². The number of aromatic nitrogens is 1. The zero-order valence-corrected chi connectivity index (χ0v) is 22.6. The van der Waals surface area contributed by atoms with Gasteiger partial charge >= 0.3 is 5.97 Å². The van der Waals surface area contributed by atoms with Crippen LogP contribution in [0.4, 0.5) is 5.69 Å². The summed E-state index contributed by atoms with van der Waals surface area (Å²) in [6.45, 7) is 1.78. The van der Waals surface area contributed by atoms with Gasteiger partial charge in [0.25, 0.3) is 11.5 Å². The molecule has 2 aromatic heterocycles. The van der Waals surface area contributed by atoms with Crippen molar-refractivity contribution < 1.29 is 19.1 Å². The number of para-hydroxylation sites is 1. The first-order chi connectivity index (χ1) is 19.9. The van der Waals surface area contributed by atoms with E-state index in [1.165, 1.54) is 23.5 Å². The Morgan fingerprint density at radius 1 is 0.951 bits per heavy atom. The minimum atomic E-state index is -1.00. The van der Waals surface area contributed by atoms with Crippen LogP contribution in [0.2, 0.25) is 0 Å². The summed E-state index contributed by atoms with van der Waals surface area (Å²) >= 11 is 1.22. The minimum Gasteiger partial charge on any atom is -0.478 e. The molecule has 9 heteroatoms. The number of hydrogen-bond donors (Lipinski definition) is 2. The molecule has 0 spiro atoms. The Balaban J connectivity index is 1.41. The highest BCUT2D eigenvalue weighted by Gasteiger charge is 2.32. The van der Waals surface area contributed by atoms with Crippen molar-refractivity contribution in [1.29, 1.82) is 0 Å². The van der Waals surface area contributed by atoms with E-state index < -0.39 is 12.0 Å². The van der Waals surface area contributed by atoms with Gasteiger partial charge in [0.1, 0.15) is 11.5 Å². The smallest absolute Gasteiger partial charge is 0.335 e. The molecule has 6 rings (SSSR count). The van der Waals surface area contributed by atoms with Crippen LogP contribution in [-0.2, 0) is 4.79 Å². The number of aromatic carboxylic acids is 1. The summed E-state index contributed by atoms with van der Waals surface area (Å²) in [5, 5.41) is 12.1. The summed E-state index contributed by atoms with van der Waals surface area (Å²) in [5.74, 6) is -0.331. The van der Waals surface area contributed by atoms with Crippen LogP contribution in [0.5, 0.6) is 0 Å². The van der Waals surface area contributed by atoms with Crippen molar-refractivity contribution in [3.63, 3.8) is 0 Å². The van der Waals surface area contributed by atoms with Crippen LogP contribution >= 0.6 is 11.3 Å². The average molecular weight is 562 g/mol. The average Bonchev–Trinajstić information content (AvgIpc) is 3.57. The molecule has 0 fully saturated rings. The molecule has 3 aromatic carbocycles. The summed E-state index contributed by atoms with van der Waals surface area (Å²) in [7, 11) is 0. The molecule has 0 saturated heterocycles. The van der Waals surface area contributed by atoms with Gasteiger partial charge < -0.3 is 14.8 Å². The summed E-state index contributed by atoms with van der Waals surface area (Å²) in [6.07, 6.45) is 1.66. The number of carbonyl (C=O) groups is 2. The van der Waals surface area contributed by atoms with Gasteiger partial charge in [0.15, 0.2) is 4.80 Å². The molecule has 8 nitrogen and oxygen atoms in total. The third-order valence-electron chi connectivity index (χ3n) is 6.73. The highest BCUT2D eigenvalue weighted by atomic mass is 32.1. The SMILES string of the molecule is CC1=C(C(=O)Nc2ccccc2)C(c2ccccc2)n2c(sc(=Cc3ccc(-c4ccc(C(=O)O)cc4)o3)c2=O)=N1. The van der Waals surface area contributed by atoms with E-state index in [9.17, 15) is 14.4 Å². The van der Waals surface area contributed by atoms with Crippen molar-refractivity contribution in [2.24, 2.45) is 4.99 Å². The predicted octanol–water partition coefficient (Wildman–Crippen LogP) is 4.83. The van der Waals surface area contributed by atoms with E-state index in [0.717, 1.165) is 5.56 Å². The van der Waals surface area contributed by atoms with Gasteiger partial charge in [-0.1, -0.05) is 72.0 Å². The molecule has 3 heterocycles. The normalized spacial score (nSPS) is 14.9. The number of furan rings is 1. The molecule has 0 saturated carbocycles. The topological polar surface area (TPSA) is 114 Å². The third-order valence-corrected chi connectivity index (χ3v) is 7.71. The van der Waals surface area contributed by atoms with Gasteiger partial charge in [0.05, 0.1) is 27.4 Å². The summed E-state index contributed by atoms with van der Waals surface area (Å²) in [6, 6.07) is 27.8. The zero-order chi connectivity index (χ0) is 28.5. The minimum absolute atomic E-state index is 0.182. The molecule has 202 valence electrons. The molecular weight excluding hydrogens is 538 g/mol. The third kappa shape index (κ3) is 5.06. The summed E-state index contributed by atoms with van der Waals surface area (Å²) in [4.78, 5) is 43.7. The van der Waals surface area contributed by atoms with Gasteiger partial charge in [0.2, 0.25) is 0 Å². The molecule has 1 amide bonds. The Kier molecular flexibility index (Phi) is 6.78. The molecule has 41 heavy (non-hydrogen) atoms. The Hall–Kier alpha value is -5.28. The lowest BCUT2D eigenvalue weighted by Gasteiger charge is -2.25. The van der Waals surface area contributed by atoms with Crippen LogP contribution in [-0.4, -0.2) is 21.6 Å². The Morgan fingerprint density at radius 3 is 2.32 bits per heavy atom. The number of anilines is 1. The number of fused-ring (bicyclic) bond motifs is 1. The lowest BCUT2D eigenvalue weighted by molar-refractivity contribution is -0.113. The van der Waals surface area contributed by atoms with Crippen molar-refractivity contribution in [1.82, 2.24) is 4.57 Å². The number of amides is 1. The van der Waals surface area contributed by atoms with Crippen molar-refractivity contribution in [2.45, 2.75) is 13.0 Å². The molecule has 5 aromatic rings. The number of benzene rings is 3. The lowest BCUT2D eigenvalue weighted by Crippen LogP contribution is -2.40. The molecular formula is C32H23N3O5S. The van der Waals surface area contributed by atoms with Crippen molar-refractivity contribution in [2.75, 3.05) is 5.32 Å². The number of allylic oxidation sites excluding steroid dienone is 1. The van der Waals surface area contributed by atoms with Crippen LogP contribution in [0.3, 0.4) is 0 Å². The zero-order valence-electron chi connectivity index (χ0n) is 21.8.